The van der Waals surface area contributed by atoms with Crippen LogP contribution in [0.2, 0.25) is 0 Å². The highest BCUT2D eigenvalue weighted by Gasteiger charge is 2.27. The molecule has 1 aliphatic rings. The molecule has 0 radical (unpaired) electrons. The number of nitrogens with zero attached hydrogens (tertiary/aromatic N) is 8. The van der Waals surface area contributed by atoms with Crippen LogP contribution in [0, 0.1) is 0 Å². The van der Waals surface area contributed by atoms with Gasteiger partial charge in [0.2, 0.25) is 0 Å². The van der Waals surface area contributed by atoms with Gasteiger partial charge in [0.05, 0.1) is 10.9 Å². The number of aromatic nitrogens is 7. The zero-order chi connectivity index (χ0) is 18.2. The Balaban J connectivity index is 1.32. The number of nitrogens with one attached hydrogen (secondary N) is 1. The SMILES string of the molecule is O=C(c1cn[nH]c1-n1cnnn1)N1CCN(c2nsc3ccccc23)CC1. The van der Waals surface area contributed by atoms with E-state index in [9.17, 15) is 4.79 Å². The topological polar surface area (TPSA) is 109 Å². The molecule has 1 amide bonds. The van der Waals surface area contributed by atoms with Gasteiger partial charge in [-0.2, -0.15) is 14.2 Å². The fourth-order valence-corrected chi connectivity index (χ4v) is 4.06. The summed E-state index contributed by atoms with van der Waals surface area (Å²) >= 11 is 1.51. The normalized spacial score (nSPS) is 14.8. The highest BCUT2D eigenvalue weighted by Crippen LogP contribution is 2.30. The Bertz CT molecular complexity index is 1080. The van der Waals surface area contributed by atoms with E-state index in [0.717, 1.165) is 24.3 Å². The van der Waals surface area contributed by atoms with Gasteiger partial charge in [-0.15, -0.1) is 5.10 Å². The molecule has 0 unspecified atom stereocenters. The maximum absolute atomic E-state index is 12.9. The van der Waals surface area contributed by atoms with Crippen LogP contribution in [0.4, 0.5) is 5.82 Å². The van der Waals surface area contributed by atoms with E-state index < -0.39 is 0 Å². The first-order valence-electron chi connectivity index (χ1n) is 8.46. The Morgan fingerprint density at radius 3 is 2.81 bits per heavy atom. The summed E-state index contributed by atoms with van der Waals surface area (Å²) in [6, 6.07) is 8.22. The van der Waals surface area contributed by atoms with Gasteiger partial charge in [0, 0.05) is 31.6 Å². The van der Waals surface area contributed by atoms with Gasteiger partial charge in [-0.05, 0) is 34.1 Å². The smallest absolute Gasteiger partial charge is 0.259 e. The zero-order valence-corrected chi connectivity index (χ0v) is 15.0. The predicted octanol–water partition coefficient (Wildman–Crippen LogP) is 0.957. The van der Waals surface area contributed by atoms with E-state index in [-0.39, 0.29) is 5.91 Å². The van der Waals surface area contributed by atoms with Crippen molar-refractivity contribution in [3.8, 4) is 5.82 Å². The lowest BCUT2D eigenvalue weighted by molar-refractivity contribution is 0.0746. The van der Waals surface area contributed by atoms with Crippen molar-refractivity contribution in [3.05, 3.63) is 42.4 Å². The Hall–Kier alpha value is -3.34. The maximum Gasteiger partial charge on any atom is 0.259 e. The molecule has 1 saturated heterocycles. The van der Waals surface area contributed by atoms with Crippen LogP contribution in [0.1, 0.15) is 10.4 Å². The minimum atomic E-state index is -0.0861. The molecule has 5 rings (SSSR count). The number of tetrazole rings is 1. The highest BCUT2D eigenvalue weighted by molar-refractivity contribution is 7.13. The second kappa shape index (κ2) is 6.43. The lowest BCUT2D eigenvalue weighted by Gasteiger charge is -2.35. The van der Waals surface area contributed by atoms with E-state index in [1.165, 1.54) is 33.4 Å². The average Bonchev–Trinajstić information content (AvgIpc) is 3.47. The molecule has 1 N–H and O–H groups in total. The maximum atomic E-state index is 12.9. The molecular formula is C16H15N9OS. The first-order chi connectivity index (χ1) is 13.3. The van der Waals surface area contributed by atoms with Gasteiger partial charge >= 0.3 is 0 Å². The van der Waals surface area contributed by atoms with Crippen LogP contribution in [0.3, 0.4) is 0 Å². The molecule has 0 bridgehead atoms. The number of H-pyrrole nitrogens is 1. The number of rotatable bonds is 3. The van der Waals surface area contributed by atoms with Crippen LogP contribution in [-0.2, 0) is 0 Å². The number of aromatic amines is 1. The molecule has 0 spiro atoms. The number of carbonyl (C=O) groups excluding carboxylic acids is 1. The summed E-state index contributed by atoms with van der Waals surface area (Å²) in [5.74, 6) is 1.38. The zero-order valence-electron chi connectivity index (χ0n) is 14.2. The van der Waals surface area contributed by atoms with Gasteiger partial charge < -0.3 is 9.80 Å². The van der Waals surface area contributed by atoms with Gasteiger partial charge in [0.1, 0.15) is 17.7 Å². The molecule has 11 heteroatoms. The number of hydrogen-bond acceptors (Lipinski definition) is 8. The second-order valence-electron chi connectivity index (χ2n) is 6.17. The Morgan fingerprint density at radius 2 is 2.00 bits per heavy atom. The van der Waals surface area contributed by atoms with E-state index in [1.807, 2.05) is 17.0 Å². The quantitative estimate of drug-likeness (QED) is 0.563. The van der Waals surface area contributed by atoms with Crippen molar-refractivity contribution in [1.29, 1.82) is 0 Å². The summed E-state index contributed by atoms with van der Waals surface area (Å²) < 4.78 is 7.19. The van der Waals surface area contributed by atoms with Gasteiger partial charge in [-0.25, -0.2) is 0 Å². The summed E-state index contributed by atoms with van der Waals surface area (Å²) in [7, 11) is 0. The number of anilines is 1. The highest BCUT2D eigenvalue weighted by atomic mass is 32.1. The van der Waals surface area contributed by atoms with Crippen molar-refractivity contribution in [2.45, 2.75) is 0 Å². The van der Waals surface area contributed by atoms with Crippen molar-refractivity contribution >= 4 is 33.3 Å². The summed E-state index contributed by atoms with van der Waals surface area (Å²) in [5.41, 5.74) is 0.454. The largest absolute Gasteiger partial charge is 0.352 e. The average molecular weight is 381 g/mol. The molecule has 4 aromatic rings. The van der Waals surface area contributed by atoms with E-state index in [4.69, 9.17) is 0 Å². The summed E-state index contributed by atoms with van der Waals surface area (Å²) in [4.78, 5) is 17.0. The predicted molar refractivity (Wildman–Crippen MR) is 99.0 cm³/mol. The Morgan fingerprint density at radius 1 is 1.15 bits per heavy atom. The van der Waals surface area contributed by atoms with Crippen LogP contribution in [-0.4, -0.2) is 71.8 Å². The molecule has 0 atom stereocenters. The standard InChI is InChI=1S/C16H15N9OS/c26-16(12-9-17-19-14(12)25-10-18-21-22-25)24-7-5-23(6-8-24)15-11-3-1-2-4-13(11)27-20-15/h1-4,9-10H,5-8H2,(H,17,19). The minimum Gasteiger partial charge on any atom is -0.352 e. The van der Waals surface area contributed by atoms with Crippen LogP contribution in [0.5, 0.6) is 0 Å². The molecule has 0 aliphatic carbocycles. The van der Waals surface area contributed by atoms with Crippen LogP contribution in [0.25, 0.3) is 15.9 Å². The monoisotopic (exact) mass is 381 g/mol. The van der Waals surface area contributed by atoms with E-state index in [2.05, 4.69) is 47.1 Å². The van der Waals surface area contributed by atoms with Crippen molar-refractivity contribution in [3.63, 3.8) is 0 Å². The number of fused-ring (bicyclic) bond motifs is 1. The van der Waals surface area contributed by atoms with Crippen LogP contribution in [0.15, 0.2) is 36.8 Å². The lowest BCUT2D eigenvalue weighted by Crippen LogP contribution is -2.49. The number of amides is 1. The number of carbonyl (C=O) groups is 1. The molecule has 0 saturated carbocycles. The number of benzene rings is 1. The lowest BCUT2D eigenvalue weighted by atomic mass is 10.2. The van der Waals surface area contributed by atoms with E-state index >= 15 is 0 Å². The van der Waals surface area contributed by atoms with E-state index in [0.29, 0.717) is 24.5 Å². The molecule has 3 aromatic heterocycles. The Labute approximate surface area is 157 Å². The van der Waals surface area contributed by atoms with Gasteiger partial charge in [0.15, 0.2) is 5.82 Å². The third kappa shape index (κ3) is 2.72. The summed E-state index contributed by atoms with van der Waals surface area (Å²) in [5, 5.41) is 18.9. The van der Waals surface area contributed by atoms with Crippen molar-refractivity contribution in [1.82, 2.24) is 39.7 Å². The van der Waals surface area contributed by atoms with Crippen molar-refractivity contribution in [2.75, 3.05) is 31.1 Å². The first kappa shape index (κ1) is 15.9. The fraction of sp³-hybridized carbons (Fsp3) is 0.250. The second-order valence-corrected chi connectivity index (χ2v) is 6.97. The summed E-state index contributed by atoms with van der Waals surface area (Å²) in [6.07, 6.45) is 2.94. The molecule has 4 heterocycles. The van der Waals surface area contributed by atoms with Crippen LogP contribution < -0.4 is 4.90 Å². The third-order valence-corrected chi connectivity index (χ3v) is 5.47. The molecule has 1 fully saturated rings. The minimum absolute atomic E-state index is 0.0861. The molecule has 1 aromatic carbocycles. The Kier molecular flexibility index (Phi) is 3.78. The molecular weight excluding hydrogens is 366 g/mol. The molecule has 27 heavy (non-hydrogen) atoms. The van der Waals surface area contributed by atoms with Crippen molar-refractivity contribution in [2.24, 2.45) is 0 Å². The fourth-order valence-electron chi connectivity index (χ4n) is 3.27. The van der Waals surface area contributed by atoms with Gasteiger partial charge in [-0.1, -0.05) is 12.1 Å². The molecule has 10 nitrogen and oxygen atoms in total. The summed E-state index contributed by atoms with van der Waals surface area (Å²) in [6.45, 7) is 2.70. The number of hydrogen-bond donors (Lipinski definition) is 1. The third-order valence-electron chi connectivity index (χ3n) is 4.65. The van der Waals surface area contributed by atoms with Gasteiger partial charge in [-0.3, -0.25) is 9.89 Å². The first-order valence-corrected chi connectivity index (χ1v) is 9.24. The van der Waals surface area contributed by atoms with Crippen molar-refractivity contribution < 1.29 is 4.79 Å². The van der Waals surface area contributed by atoms with Gasteiger partial charge in [0.25, 0.3) is 5.91 Å². The van der Waals surface area contributed by atoms with E-state index in [1.54, 1.807) is 0 Å². The van der Waals surface area contributed by atoms with Crippen LogP contribution >= 0.6 is 11.5 Å². The number of piperazine rings is 1. The molecule has 136 valence electrons. The molecule has 1 aliphatic heterocycles.